The summed E-state index contributed by atoms with van der Waals surface area (Å²) in [5.41, 5.74) is 0.871. The number of fused-ring (bicyclic) bond motifs is 1. The molecule has 3 N–H and O–H groups in total. The molecule has 1 unspecified atom stereocenters. The highest BCUT2D eigenvalue weighted by molar-refractivity contribution is 6.31. The van der Waals surface area contributed by atoms with Crippen LogP contribution in [0.4, 0.5) is 11.4 Å². The van der Waals surface area contributed by atoms with Crippen LogP contribution in [-0.2, 0) is 9.59 Å². The minimum Gasteiger partial charge on any atom is -0.350 e. The summed E-state index contributed by atoms with van der Waals surface area (Å²) in [6, 6.07) is 32.4. The lowest BCUT2D eigenvalue weighted by Gasteiger charge is -2.32. The highest BCUT2D eigenvalue weighted by Crippen LogP contribution is 2.32. The van der Waals surface area contributed by atoms with Gasteiger partial charge in [-0.25, -0.2) is 0 Å². The Bertz CT molecular complexity index is 1420. The lowest BCUT2D eigenvalue weighted by molar-refractivity contribution is -0.127. The molecule has 38 heavy (non-hydrogen) atoms. The van der Waals surface area contributed by atoms with Crippen LogP contribution in [0, 0.1) is 0 Å². The average molecular weight is 508 g/mol. The van der Waals surface area contributed by atoms with Crippen molar-refractivity contribution in [2.45, 2.75) is 26.4 Å². The van der Waals surface area contributed by atoms with E-state index in [-0.39, 0.29) is 5.91 Å². The van der Waals surface area contributed by atoms with Crippen molar-refractivity contribution in [1.82, 2.24) is 10.6 Å². The largest absolute Gasteiger partial charge is 0.350 e. The number of anilines is 2. The normalized spacial score (nSPS) is 16.4. The lowest BCUT2D eigenvalue weighted by atomic mass is 9.94. The Kier molecular flexibility index (Phi) is 8.51. The number of hydrazone groups is 1. The zero-order valence-electron chi connectivity index (χ0n) is 21.9. The molecule has 4 aromatic carbocycles. The summed E-state index contributed by atoms with van der Waals surface area (Å²) in [6.45, 7) is 7.78. The number of benzene rings is 4. The van der Waals surface area contributed by atoms with Gasteiger partial charge >= 0.3 is 5.91 Å². The Balaban J connectivity index is 0.000000617. The molecule has 1 aliphatic heterocycles. The molecule has 5 rings (SSSR count). The molecule has 1 atom stereocenters. The van der Waals surface area contributed by atoms with Gasteiger partial charge in [-0.3, -0.25) is 9.59 Å². The molecule has 0 bridgehead atoms. The number of hydrogen-bond donors (Lipinski definition) is 3. The Morgan fingerprint density at radius 3 is 2.03 bits per heavy atom. The molecule has 0 spiro atoms. The predicted molar refractivity (Wildman–Crippen MR) is 155 cm³/mol. The van der Waals surface area contributed by atoms with E-state index in [0.29, 0.717) is 17.1 Å². The number of carbonyl (C=O) groups excluding carboxylic acids is 2. The summed E-state index contributed by atoms with van der Waals surface area (Å²) in [5, 5.41) is 17.4. The van der Waals surface area contributed by atoms with Crippen LogP contribution < -0.4 is 21.0 Å². The second-order valence-corrected chi connectivity index (χ2v) is 8.84. The fraction of sp³-hybridized carbons (Fsp3) is 0.194. The molecule has 1 aliphatic rings. The fourth-order valence-electron chi connectivity index (χ4n) is 4.34. The lowest BCUT2D eigenvalue weighted by Crippen LogP contribution is -2.64. The molecule has 4 aromatic rings. The summed E-state index contributed by atoms with van der Waals surface area (Å²) in [6.07, 6.45) is 0. The van der Waals surface area contributed by atoms with Crippen LogP contribution in [0.5, 0.6) is 0 Å². The molecule has 0 saturated heterocycles. The summed E-state index contributed by atoms with van der Waals surface area (Å²) in [5.74, 6) is -0.744. The molecule has 2 amide bonds. The first kappa shape index (κ1) is 26.6. The molecule has 7 nitrogen and oxygen atoms in total. The van der Waals surface area contributed by atoms with Crippen molar-refractivity contribution in [3.63, 3.8) is 0 Å². The molecule has 7 heteroatoms. The van der Waals surface area contributed by atoms with Gasteiger partial charge < -0.3 is 16.0 Å². The molecule has 194 valence electrons. The van der Waals surface area contributed by atoms with Crippen LogP contribution in [0.15, 0.2) is 108 Å². The second-order valence-electron chi connectivity index (χ2n) is 8.84. The molecular formula is C31H33N5O2. The Morgan fingerprint density at radius 2 is 1.42 bits per heavy atom. The van der Waals surface area contributed by atoms with E-state index >= 15 is 0 Å². The maximum Gasteiger partial charge on any atom is 0.300 e. The molecule has 0 radical (unpaired) electrons. The van der Waals surface area contributed by atoms with Gasteiger partial charge in [0.1, 0.15) is 5.71 Å². The van der Waals surface area contributed by atoms with Crippen LogP contribution in [-0.4, -0.2) is 36.3 Å². The molecule has 0 aliphatic carbocycles. The van der Waals surface area contributed by atoms with Gasteiger partial charge in [0.25, 0.3) is 0 Å². The van der Waals surface area contributed by atoms with Crippen LogP contribution in [0.2, 0.25) is 0 Å². The molecule has 0 saturated carbocycles. The minimum atomic E-state index is -1.58. The maximum absolute atomic E-state index is 13.9. The zero-order chi connectivity index (χ0) is 27.0. The van der Waals surface area contributed by atoms with Gasteiger partial charge in [-0.15, -0.1) is 0 Å². The molecular weight excluding hydrogens is 474 g/mol. The first-order chi connectivity index (χ1) is 18.5. The van der Waals surface area contributed by atoms with Gasteiger partial charge in [0.15, 0.2) is 0 Å². The molecule has 1 heterocycles. The quantitative estimate of drug-likeness (QED) is 0.302. The van der Waals surface area contributed by atoms with Gasteiger partial charge in [0.2, 0.25) is 11.6 Å². The number of carbonyl (C=O) groups is 2. The number of hydrogen-bond acceptors (Lipinski definition) is 5. The van der Waals surface area contributed by atoms with Crippen LogP contribution in [0.1, 0.15) is 26.3 Å². The van der Waals surface area contributed by atoms with Crippen LogP contribution >= 0.6 is 0 Å². The molecule has 0 fully saturated rings. The van der Waals surface area contributed by atoms with E-state index in [0.717, 1.165) is 29.4 Å². The SMILES string of the molecule is CC(=O)NC1(Nc2ccccc2)C(=O)N(c2ccccc2)N=C1c1ccc2ccccc2c1.CCNCC. The van der Waals surface area contributed by atoms with Gasteiger partial charge in [-0.1, -0.05) is 86.6 Å². The van der Waals surface area contributed by atoms with Gasteiger partial charge in [0, 0.05) is 18.2 Å². The summed E-state index contributed by atoms with van der Waals surface area (Å²) < 4.78 is 0. The first-order valence-corrected chi connectivity index (χ1v) is 12.8. The third-order valence-corrected chi connectivity index (χ3v) is 6.06. The van der Waals surface area contributed by atoms with Crippen molar-refractivity contribution in [2.24, 2.45) is 5.10 Å². The average Bonchev–Trinajstić information content (AvgIpc) is 3.21. The summed E-state index contributed by atoms with van der Waals surface area (Å²) in [7, 11) is 0. The highest BCUT2D eigenvalue weighted by atomic mass is 16.2. The number of nitrogens with zero attached hydrogens (tertiary/aromatic N) is 2. The number of para-hydroxylation sites is 2. The third-order valence-electron chi connectivity index (χ3n) is 6.06. The topological polar surface area (TPSA) is 85.8 Å². The third kappa shape index (κ3) is 5.74. The fourth-order valence-corrected chi connectivity index (χ4v) is 4.34. The van der Waals surface area contributed by atoms with Crippen molar-refractivity contribution in [3.8, 4) is 0 Å². The van der Waals surface area contributed by atoms with Crippen molar-refractivity contribution in [2.75, 3.05) is 23.4 Å². The van der Waals surface area contributed by atoms with Crippen molar-refractivity contribution < 1.29 is 9.59 Å². The Hall–Kier alpha value is -4.49. The monoisotopic (exact) mass is 507 g/mol. The number of nitrogens with one attached hydrogen (secondary N) is 3. The first-order valence-electron chi connectivity index (χ1n) is 12.8. The maximum atomic E-state index is 13.9. The van der Waals surface area contributed by atoms with Gasteiger partial charge in [-0.05, 0) is 54.2 Å². The van der Waals surface area contributed by atoms with E-state index in [2.05, 4.69) is 29.8 Å². The van der Waals surface area contributed by atoms with Crippen LogP contribution in [0.3, 0.4) is 0 Å². The zero-order valence-corrected chi connectivity index (χ0v) is 21.9. The minimum absolute atomic E-state index is 0.352. The van der Waals surface area contributed by atoms with E-state index in [9.17, 15) is 9.59 Å². The second kappa shape index (κ2) is 12.2. The van der Waals surface area contributed by atoms with E-state index in [1.807, 2.05) is 103 Å². The van der Waals surface area contributed by atoms with Crippen molar-refractivity contribution in [1.29, 1.82) is 0 Å². The Morgan fingerprint density at radius 1 is 0.816 bits per heavy atom. The standard InChI is InChI=1S/C27H22N4O2.C4H11N/c1-19(32)28-27(29-23-12-4-2-5-13-23)25(22-17-16-20-10-8-9-11-21(20)18-22)30-31(26(27)33)24-14-6-3-7-15-24;1-3-5-4-2/h2-18,29H,1H3,(H,28,32);5H,3-4H2,1-2H3. The van der Waals surface area contributed by atoms with E-state index in [1.165, 1.54) is 11.9 Å². The smallest absolute Gasteiger partial charge is 0.300 e. The highest BCUT2D eigenvalue weighted by Gasteiger charge is 2.53. The number of rotatable bonds is 7. The van der Waals surface area contributed by atoms with Crippen LogP contribution in [0.25, 0.3) is 10.8 Å². The molecule has 0 aromatic heterocycles. The van der Waals surface area contributed by atoms with Gasteiger partial charge in [-0.2, -0.15) is 10.1 Å². The number of amides is 2. The van der Waals surface area contributed by atoms with Crippen molar-refractivity contribution >= 4 is 39.7 Å². The van der Waals surface area contributed by atoms with Crippen molar-refractivity contribution in [3.05, 3.63) is 109 Å². The van der Waals surface area contributed by atoms with E-state index in [1.54, 1.807) is 0 Å². The summed E-state index contributed by atoms with van der Waals surface area (Å²) in [4.78, 5) is 26.3. The van der Waals surface area contributed by atoms with E-state index in [4.69, 9.17) is 5.10 Å². The predicted octanol–water partition coefficient (Wildman–Crippen LogP) is 5.15. The van der Waals surface area contributed by atoms with Gasteiger partial charge in [0.05, 0.1) is 5.69 Å². The summed E-state index contributed by atoms with van der Waals surface area (Å²) >= 11 is 0. The Labute approximate surface area is 223 Å². The van der Waals surface area contributed by atoms with E-state index < -0.39 is 11.6 Å².